The van der Waals surface area contributed by atoms with Gasteiger partial charge in [-0.1, -0.05) is 209 Å². The van der Waals surface area contributed by atoms with Crippen LogP contribution in [0.3, 0.4) is 0 Å². The lowest BCUT2D eigenvalue weighted by Gasteiger charge is -2.40. The Kier molecular flexibility index (Phi) is 40.5. The smallest absolute Gasteiger partial charge is 0.220 e. The number of rotatable bonds is 42. The summed E-state index contributed by atoms with van der Waals surface area (Å²) in [5, 5.41) is 54.3. The van der Waals surface area contributed by atoms with Crippen LogP contribution in [0.5, 0.6) is 0 Å². The van der Waals surface area contributed by atoms with Crippen LogP contribution in [0.15, 0.2) is 72.9 Å². The molecule has 7 unspecified atom stereocenters. The van der Waals surface area contributed by atoms with Crippen molar-refractivity contribution in [3.63, 3.8) is 0 Å². The lowest BCUT2D eigenvalue weighted by molar-refractivity contribution is -0.302. The summed E-state index contributed by atoms with van der Waals surface area (Å²) in [5.74, 6) is -0.186. The van der Waals surface area contributed by atoms with Gasteiger partial charge in [0, 0.05) is 6.42 Å². The minimum atomic E-state index is -1.57. The second-order valence-electron chi connectivity index (χ2n) is 17.6. The third-order valence-corrected chi connectivity index (χ3v) is 11.8. The minimum Gasteiger partial charge on any atom is -0.394 e. The van der Waals surface area contributed by atoms with E-state index in [9.17, 15) is 30.3 Å². The summed E-state index contributed by atoms with van der Waals surface area (Å²) in [7, 11) is 0. The zero-order valence-corrected chi connectivity index (χ0v) is 40.1. The average molecular weight is 886 g/mol. The molecule has 0 saturated carbocycles. The van der Waals surface area contributed by atoms with Crippen LogP contribution in [0.2, 0.25) is 0 Å². The molecule has 1 amide bonds. The Morgan fingerprint density at radius 2 is 0.984 bits per heavy atom. The zero-order chi connectivity index (χ0) is 45.9. The number of unbranched alkanes of at least 4 members (excludes halogenated alkanes) is 22. The molecule has 1 heterocycles. The molecule has 0 bridgehead atoms. The van der Waals surface area contributed by atoms with E-state index < -0.39 is 49.5 Å². The normalized spacial score (nSPS) is 20.8. The van der Waals surface area contributed by atoms with Gasteiger partial charge in [-0.15, -0.1) is 0 Å². The molecule has 1 rings (SSSR count). The van der Waals surface area contributed by atoms with Gasteiger partial charge in [-0.2, -0.15) is 0 Å². The van der Waals surface area contributed by atoms with Crippen LogP contribution < -0.4 is 5.32 Å². The quantitative estimate of drug-likeness (QED) is 0.0262. The molecule has 1 aliphatic rings. The highest BCUT2D eigenvalue weighted by Gasteiger charge is 2.44. The Balaban J connectivity index is 2.28. The van der Waals surface area contributed by atoms with E-state index in [4.69, 9.17) is 9.47 Å². The highest BCUT2D eigenvalue weighted by Crippen LogP contribution is 2.23. The summed E-state index contributed by atoms with van der Waals surface area (Å²) >= 11 is 0. The molecular weight excluding hydrogens is 791 g/mol. The lowest BCUT2D eigenvalue weighted by Crippen LogP contribution is -2.60. The Bertz CT molecular complexity index is 1210. The molecular formula is C54H95NO8. The number of carbonyl (C=O) groups excluding carboxylic acids is 1. The molecule has 0 aliphatic carbocycles. The van der Waals surface area contributed by atoms with Crippen molar-refractivity contribution < 1.29 is 39.8 Å². The number of carbonyl (C=O) groups is 1. The number of amides is 1. The van der Waals surface area contributed by atoms with Crippen molar-refractivity contribution in [1.29, 1.82) is 0 Å². The first kappa shape index (κ1) is 58.6. The summed E-state index contributed by atoms with van der Waals surface area (Å²) in [5.41, 5.74) is 0. The van der Waals surface area contributed by atoms with Gasteiger partial charge in [0.2, 0.25) is 5.91 Å². The molecule has 9 nitrogen and oxygen atoms in total. The maximum absolute atomic E-state index is 13.0. The number of aliphatic hydroxyl groups is 5. The molecule has 0 radical (unpaired) electrons. The zero-order valence-electron chi connectivity index (χ0n) is 40.1. The second-order valence-corrected chi connectivity index (χ2v) is 17.6. The maximum atomic E-state index is 13.0. The number of allylic oxidation sites excluding steroid dienone is 11. The van der Waals surface area contributed by atoms with E-state index in [1.807, 2.05) is 6.08 Å². The van der Waals surface area contributed by atoms with Crippen LogP contribution in [0.4, 0.5) is 0 Å². The van der Waals surface area contributed by atoms with Crippen molar-refractivity contribution in [2.24, 2.45) is 0 Å². The number of hydrogen-bond acceptors (Lipinski definition) is 8. The largest absolute Gasteiger partial charge is 0.394 e. The Hall–Kier alpha value is -2.37. The van der Waals surface area contributed by atoms with Gasteiger partial charge < -0.3 is 40.3 Å². The summed E-state index contributed by atoms with van der Waals surface area (Å²) in [6.45, 7) is 3.65. The van der Waals surface area contributed by atoms with E-state index in [2.05, 4.69) is 79.9 Å². The van der Waals surface area contributed by atoms with Crippen LogP contribution in [0.1, 0.15) is 206 Å². The number of hydrogen-bond donors (Lipinski definition) is 6. The Morgan fingerprint density at radius 3 is 1.46 bits per heavy atom. The van der Waals surface area contributed by atoms with Crippen molar-refractivity contribution in [2.45, 2.75) is 249 Å². The summed E-state index contributed by atoms with van der Waals surface area (Å²) in [6.07, 6.45) is 52.3. The van der Waals surface area contributed by atoms with Crippen LogP contribution in [0.25, 0.3) is 0 Å². The molecule has 1 saturated heterocycles. The molecule has 1 aliphatic heterocycles. The first-order valence-corrected chi connectivity index (χ1v) is 25.7. The van der Waals surface area contributed by atoms with Crippen molar-refractivity contribution in [3.05, 3.63) is 72.9 Å². The molecule has 6 N–H and O–H groups in total. The Labute approximate surface area is 385 Å². The summed E-state index contributed by atoms with van der Waals surface area (Å²) in [4.78, 5) is 13.0. The van der Waals surface area contributed by atoms with Gasteiger partial charge in [-0.3, -0.25) is 4.79 Å². The molecule has 7 atom stereocenters. The monoisotopic (exact) mass is 886 g/mol. The molecule has 0 aromatic heterocycles. The van der Waals surface area contributed by atoms with Gasteiger partial charge >= 0.3 is 0 Å². The van der Waals surface area contributed by atoms with Crippen LogP contribution in [-0.4, -0.2) is 87.5 Å². The molecule has 0 aromatic rings. The average Bonchev–Trinajstić information content (AvgIpc) is 3.28. The first-order valence-electron chi connectivity index (χ1n) is 25.7. The van der Waals surface area contributed by atoms with E-state index in [0.29, 0.717) is 6.42 Å². The topological polar surface area (TPSA) is 149 Å². The SMILES string of the molecule is CC/C=C\C/C=C\C/C=C\C/C=C\C/C=C\CCCCCCCCCCCC(=O)NC(COC1OC(CO)C(O)C(O)C1O)C(O)/C=C/CCCCCCCCCCCCCCC. The highest BCUT2D eigenvalue weighted by atomic mass is 16.7. The molecule has 63 heavy (non-hydrogen) atoms. The minimum absolute atomic E-state index is 0.186. The van der Waals surface area contributed by atoms with E-state index in [1.54, 1.807) is 6.08 Å². The van der Waals surface area contributed by atoms with Gasteiger partial charge in [-0.25, -0.2) is 0 Å². The van der Waals surface area contributed by atoms with Gasteiger partial charge in [0.15, 0.2) is 6.29 Å². The summed E-state index contributed by atoms with van der Waals surface area (Å²) < 4.78 is 11.2. The number of nitrogens with one attached hydrogen (secondary N) is 1. The van der Waals surface area contributed by atoms with Crippen molar-refractivity contribution in [3.8, 4) is 0 Å². The van der Waals surface area contributed by atoms with Crippen molar-refractivity contribution in [1.82, 2.24) is 5.32 Å². The van der Waals surface area contributed by atoms with Gasteiger partial charge in [0.25, 0.3) is 0 Å². The third kappa shape index (κ3) is 33.7. The van der Waals surface area contributed by atoms with E-state index in [-0.39, 0.29) is 12.5 Å². The molecule has 0 aromatic carbocycles. The Morgan fingerprint density at radius 1 is 0.556 bits per heavy atom. The predicted octanol–water partition coefficient (Wildman–Crippen LogP) is 11.7. The molecule has 9 heteroatoms. The standard InChI is InChI=1S/C54H95NO8/c1-3-5-7-9-11-13-15-17-19-20-21-22-23-24-25-26-27-28-30-32-34-36-38-40-42-44-50(58)55-47(46-62-54-53(61)52(60)51(59)49(45-56)63-54)48(57)43-41-39-37-35-33-31-29-18-16-14-12-10-8-6-4-2/h5,7,11,13,17,19,21-22,24-25,41,43,47-49,51-54,56-57,59-61H,3-4,6,8-10,12,14-16,18,20,23,26-40,42,44-46H2,1-2H3,(H,55,58)/b7-5-,13-11-,19-17-,22-21-,25-24-,43-41+. The van der Waals surface area contributed by atoms with E-state index in [0.717, 1.165) is 83.5 Å². The number of aliphatic hydroxyl groups excluding tert-OH is 5. The fourth-order valence-corrected chi connectivity index (χ4v) is 7.71. The second kappa shape index (κ2) is 43.5. The van der Waals surface area contributed by atoms with Crippen LogP contribution in [0, 0.1) is 0 Å². The fraction of sp³-hybridized carbons (Fsp3) is 0.759. The third-order valence-electron chi connectivity index (χ3n) is 11.8. The molecule has 1 fully saturated rings. The van der Waals surface area contributed by atoms with E-state index in [1.165, 1.54) is 103 Å². The maximum Gasteiger partial charge on any atom is 0.220 e. The van der Waals surface area contributed by atoms with Crippen LogP contribution >= 0.6 is 0 Å². The number of ether oxygens (including phenoxy) is 2. The fourth-order valence-electron chi connectivity index (χ4n) is 7.71. The molecule has 0 spiro atoms. The van der Waals surface area contributed by atoms with Crippen molar-refractivity contribution >= 4 is 5.91 Å². The van der Waals surface area contributed by atoms with Crippen molar-refractivity contribution in [2.75, 3.05) is 13.2 Å². The lowest BCUT2D eigenvalue weighted by atomic mass is 9.99. The summed E-state index contributed by atoms with van der Waals surface area (Å²) in [6, 6.07) is -0.811. The highest BCUT2D eigenvalue weighted by molar-refractivity contribution is 5.76. The van der Waals surface area contributed by atoms with Gasteiger partial charge in [0.05, 0.1) is 25.4 Å². The van der Waals surface area contributed by atoms with Gasteiger partial charge in [0.1, 0.15) is 24.4 Å². The van der Waals surface area contributed by atoms with Crippen LogP contribution in [-0.2, 0) is 14.3 Å². The first-order chi connectivity index (χ1) is 30.8. The van der Waals surface area contributed by atoms with Gasteiger partial charge in [-0.05, 0) is 64.2 Å². The predicted molar refractivity (Wildman–Crippen MR) is 262 cm³/mol. The van der Waals surface area contributed by atoms with E-state index >= 15 is 0 Å². The molecule has 364 valence electrons.